The summed E-state index contributed by atoms with van der Waals surface area (Å²) in [5.74, 6) is 0. The lowest BCUT2D eigenvalue weighted by atomic mass is 10.1. The van der Waals surface area contributed by atoms with Crippen molar-refractivity contribution in [3.63, 3.8) is 0 Å². The standard InChI is InChI=1S/C25H23N5OS/c1-17-5-3-7-20(13-17)29-11-12-30(25(29)31)21-9-8-18(2)22(14-21)27-24-28-23(16-32-24)19-6-4-10-26-15-19/h3-10,13-16H,11-12H2,1-2H3,(H,27,28). The van der Waals surface area contributed by atoms with Gasteiger partial charge in [-0.25, -0.2) is 9.78 Å². The van der Waals surface area contributed by atoms with Crippen LogP contribution in [0.25, 0.3) is 11.3 Å². The first-order valence-corrected chi connectivity index (χ1v) is 11.4. The molecule has 32 heavy (non-hydrogen) atoms. The molecule has 6 nitrogen and oxygen atoms in total. The molecular weight excluding hydrogens is 418 g/mol. The van der Waals surface area contributed by atoms with E-state index in [0.717, 1.165) is 44.6 Å². The normalized spacial score (nSPS) is 13.6. The SMILES string of the molecule is Cc1cccc(N2CCN(c3ccc(C)c(Nc4nc(-c5cccnc5)cs4)c3)C2=O)c1. The minimum absolute atomic E-state index is 0.00137. The van der Waals surface area contributed by atoms with Crippen molar-refractivity contribution in [1.29, 1.82) is 0 Å². The number of urea groups is 1. The molecule has 1 fully saturated rings. The number of amides is 2. The molecule has 1 aliphatic heterocycles. The summed E-state index contributed by atoms with van der Waals surface area (Å²) in [6, 6.07) is 18.0. The molecule has 0 aliphatic carbocycles. The number of hydrogen-bond donors (Lipinski definition) is 1. The van der Waals surface area contributed by atoms with E-state index in [1.165, 1.54) is 0 Å². The van der Waals surface area contributed by atoms with E-state index in [0.29, 0.717) is 13.1 Å². The number of hydrogen-bond acceptors (Lipinski definition) is 5. The maximum absolute atomic E-state index is 13.1. The van der Waals surface area contributed by atoms with Crippen molar-refractivity contribution in [2.75, 3.05) is 28.2 Å². The first kappa shape index (κ1) is 20.2. The van der Waals surface area contributed by atoms with Crippen molar-refractivity contribution in [2.45, 2.75) is 13.8 Å². The average Bonchev–Trinajstić information content (AvgIpc) is 3.43. The van der Waals surface area contributed by atoms with Gasteiger partial charge < -0.3 is 5.32 Å². The van der Waals surface area contributed by atoms with Crippen LogP contribution >= 0.6 is 11.3 Å². The van der Waals surface area contributed by atoms with Gasteiger partial charge in [0.2, 0.25) is 0 Å². The van der Waals surface area contributed by atoms with Crippen LogP contribution in [-0.4, -0.2) is 29.1 Å². The Labute approximate surface area is 191 Å². The van der Waals surface area contributed by atoms with E-state index in [2.05, 4.69) is 10.3 Å². The van der Waals surface area contributed by atoms with Gasteiger partial charge in [0.05, 0.1) is 5.69 Å². The van der Waals surface area contributed by atoms with Gasteiger partial charge >= 0.3 is 6.03 Å². The van der Waals surface area contributed by atoms with Crippen LogP contribution in [0.5, 0.6) is 0 Å². The van der Waals surface area contributed by atoms with E-state index in [-0.39, 0.29) is 6.03 Å². The van der Waals surface area contributed by atoms with Crippen LogP contribution in [0.15, 0.2) is 72.4 Å². The zero-order valence-corrected chi connectivity index (χ0v) is 18.8. The summed E-state index contributed by atoms with van der Waals surface area (Å²) < 4.78 is 0. The lowest BCUT2D eigenvalue weighted by Gasteiger charge is -2.20. The van der Waals surface area contributed by atoms with Gasteiger partial charge in [0, 0.05) is 53.5 Å². The van der Waals surface area contributed by atoms with Gasteiger partial charge in [-0.05, 0) is 61.4 Å². The topological polar surface area (TPSA) is 61.4 Å². The second-order valence-electron chi connectivity index (χ2n) is 7.83. The predicted octanol–water partition coefficient (Wildman–Crippen LogP) is 6.01. The second-order valence-corrected chi connectivity index (χ2v) is 8.69. The molecule has 5 rings (SSSR count). The van der Waals surface area contributed by atoms with Crippen LogP contribution in [0.3, 0.4) is 0 Å². The van der Waals surface area contributed by atoms with Crippen molar-refractivity contribution in [3.8, 4) is 11.3 Å². The molecule has 0 radical (unpaired) electrons. The minimum Gasteiger partial charge on any atom is -0.331 e. The van der Waals surface area contributed by atoms with Gasteiger partial charge in [-0.2, -0.15) is 0 Å². The van der Waals surface area contributed by atoms with E-state index in [1.54, 1.807) is 17.5 Å². The Morgan fingerprint density at radius 1 is 0.969 bits per heavy atom. The van der Waals surface area contributed by atoms with Crippen LogP contribution in [0.4, 0.5) is 27.0 Å². The van der Waals surface area contributed by atoms with Gasteiger partial charge in [0.15, 0.2) is 5.13 Å². The number of nitrogens with zero attached hydrogens (tertiary/aromatic N) is 4. The van der Waals surface area contributed by atoms with E-state index >= 15 is 0 Å². The van der Waals surface area contributed by atoms with Gasteiger partial charge in [0.1, 0.15) is 0 Å². The first-order valence-electron chi connectivity index (χ1n) is 10.5. The highest BCUT2D eigenvalue weighted by Gasteiger charge is 2.31. The molecule has 1 N–H and O–H groups in total. The molecule has 2 amide bonds. The summed E-state index contributed by atoms with van der Waals surface area (Å²) in [5.41, 5.74) is 6.87. The fourth-order valence-electron chi connectivity index (χ4n) is 3.82. The van der Waals surface area contributed by atoms with E-state index in [9.17, 15) is 4.79 Å². The molecule has 0 bridgehead atoms. The molecule has 1 saturated heterocycles. The molecule has 7 heteroatoms. The van der Waals surface area contributed by atoms with Crippen molar-refractivity contribution < 1.29 is 4.79 Å². The van der Waals surface area contributed by atoms with Crippen molar-refractivity contribution in [2.24, 2.45) is 0 Å². The fraction of sp³-hybridized carbons (Fsp3) is 0.160. The fourth-order valence-corrected chi connectivity index (χ4v) is 4.55. The number of thiazole rings is 1. The van der Waals surface area contributed by atoms with Gasteiger partial charge in [-0.3, -0.25) is 14.8 Å². The Bertz CT molecular complexity index is 1270. The predicted molar refractivity (Wildman–Crippen MR) is 131 cm³/mol. The smallest absolute Gasteiger partial charge is 0.329 e. The monoisotopic (exact) mass is 441 g/mol. The Balaban J connectivity index is 1.37. The third-order valence-corrected chi connectivity index (χ3v) is 6.32. The number of carbonyl (C=O) groups excluding carboxylic acids is 1. The molecule has 2 aromatic carbocycles. The Hall–Kier alpha value is -3.71. The number of pyridine rings is 1. The molecule has 0 atom stereocenters. The molecular formula is C25H23N5OS. The lowest BCUT2D eigenvalue weighted by molar-refractivity contribution is 0.256. The van der Waals surface area contributed by atoms with Crippen LogP contribution < -0.4 is 15.1 Å². The van der Waals surface area contributed by atoms with Gasteiger partial charge in [0.25, 0.3) is 0 Å². The molecule has 4 aromatic rings. The molecule has 3 heterocycles. The summed E-state index contributed by atoms with van der Waals surface area (Å²) in [6.45, 7) is 5.40. The number of aromatic nitrogens is 2. The van der Waals surface area contributed by atoms with Crippen molar-refractivity contribution in [3.05, 3.63) is 83.5 Å². The molecule has 0 unspecified atom stereocenters. The highest BCUT2D eigenvalue weighted by molar-refractivity contribution is 7.14. The van der Waals surface area contributed by atoms with Gasteiger partial charge in [-0.1, -0.05) is 18.2 Å². The Morgan fingerprint density at radius 2 is 1.78 bits per heavy atom. The third kappa shape index (κ3) is 3.94. The van der Waals surface area contributed by atoms with Crippen LogP contribution in [0, 0.1) is 13.8 Å². The van der Waals surface area contributed by atoms with Crippen LogP contribution in [-0.2, 0) is 0 Å². The van der Waals surface area contributed by atoms with Crippen LogP contribution in [0.2, 0.25) is 0 Å². The summed E-state index contributed by atoms with van der Waals surface area (Å²) in [7, 11) is 0. The number of anilines is 4. The maximum atomic E-state index is 13.1. The van der Waals surface area contributed by atoms with E-state index < -0.39 is 0 Å². The van der Waals surface area contributed by atoms with E-state index in [1.807, 2.05) is 89.8 Å². The summed E-state index contributed by atoms with van der Waals surface area (Å²) in [6.07, 6.45) is 3.56. The van der Waals surface area contributed by atoms with E-state index in [4.69, 9.17) is 4.98 Å². The summed E-state index contributed by atoms with van der Waals surface area (Å²) >= 11 is 1.55. The molecule has 2 aromatic heterocycles. The summed E-state index contributed by atoms with van der Waals surface area (Å²) in [4.78, 5) is 25.7. The Morgan fingerprint density at radius 3 is 2.53 bits per heavy atom. The van der Waals surface area contributed by atoms with Gasteiger partial charge in [-0.15, -0.1) is 11.3 Å². The van der Waals surface area contributed by atoms with Crippen molar-refractivity contribution in [1.82, 2.24) is 9.97 Å². The molecule has 160 valence electrons. The van der Waals surface area contributed by atoms with Crippen molar-refractivity contribution >= 4 is 39.6 Å². The molecule has 0 saturated carbocycles. The number of rotatable bonds is 5. The maximum Gasteiger partial charge on any atom is 0.329 e. The van der Waals surface area contributed by atoms with Crippen LogP contribution in [0.1, 0.15) is 11.1 Å². The molecule has 1 aliphatic rings. The number of benzene rings is 2. The second kappa shape index (κ2) is 8.43. The quantitative estimate of drug-likeness (QED) is 0.412. The molecule has 0 spiro atoms. The zero-order valence-electron chi connectivity index (χ0n) is 17.9. The highest BCUT2D eigenvalue weighted by Crippen LogP contribution is 2.32. The third-order valence-electron chi connectivity index (χ3n) is 5.56. The first-order chi connectivity index (χ1) is 15.6. The summed E-state index contributed by atoms with van der Waals surface area (Å²) in [5, 5.41) is 6.25. The highest BCUT2D eigenvalue weighted by atomic mass is 32.1. The number of carbonyl (C=O) groups is 1. The minimum atomic E-state index is -0.00137. The average molecular weight is 442 g/mol. The Kier molecular flexibility index (Phi) is 5.33. The number of aryl methyl sites for hydroxylation is 2. The number of nitrogens with one attached hydrogen (secondary N) is 1. The lowest BCUT2D eigenvalue weighted by Crippen LogP contribution is -2.31. The largest absolute Gasteiger partial charge is 0.331 e. The zero-order chi connectivity index (χ0) is 22.1.